The third kappa shape index (κ3) is 6.05. The third-order valence-electron chi connectivity index (χ3n) is 4.50. The highest BCUT2D eigenvalue weighted by Crippen LogP contribution is 2.30. The Bertz CT molecular complexity index is 1050. The number of nitrogens with zero attached hydrogens (tertiary/aromatic N) is 1. The van der Waals surface area contributed by atoms with E-state index in [1.54, 1.807) is 36.6 Å². The first kappa shape index (κ1) is 22.8. The van der Waals surface area contributed by atoms with E-state index in [-0.39, 0.29) is 5.97 Å². The second-order valence-electron chi connectivity index (χ2n) is 6.51. The van der Waals surface area contributed by atoms with E-state index in [0.717, 1.165) is 27.6 Å². The predicted octanol–water partition coefficient (Wildman–Crippen LogP) is 4.46. The van der Waals surface area contributed by atoms with Gasteiger partial charge in [-0.1, -0.05) is 12.1 Å². The molecule has 0 amide bonds. The second kappa shape index (κ2) is 10.9. The summed E-state index contributed by atoms with van der Waals surface area (Å²) in [5.74, 6) is 0.923. The van der Waals surface area contributed by atoms with Crippen molar-refractivity contribution in [2.75, 3.05) is 26.1 Å². The zero-order valence-electron chi connectivity index (χ0n) is 17.5. The lowest BCUT2D eigenvalue weighted by atomic mass is 10.2. The molecule has 1 aromatic heterocycles. The van der Waals surface area contributed by atoms with E-state index in [9.17, 15) is 9.00 Å². The molecular formula is C22H24N2O5S2. The van der Waals surface area contributed by atoms with Gasteiger partial charge in [-0.2, -0.15) is 0 Å². The summed E-state index contributed by atoms with van der Waals surface area (Å²) in [5.41, 5.74) is 1.75. The molecule has 0 radical (unpaired) electrons. The van der Waals surface area contributed by atoms with Gasteiger partial charge in [0, 0.05) is 24.4 Å². The molecule has 7 nitrogen and oxygen atoms in total. The largest absolute Gasteiger partial charge is 0.497 e. The molecule has 0 saturated heterocycles. The first-order valence-electron chi connectivity index (χ1n) is 9.56. The average Bonchev–Trinajstić information content (AvgIpc) is 3.27. The molecular weight excluding hydrogens is 436 g/mol. The highest BCUT2D eigenvalue weighted by molar-refractivity contribution is 7.86. The molecule has 0 fully saturated rings. The Labute approximate surface area is 188 Å². The number of anilines is 1. The molecule has 0 saturated carbocycles. The van der Waals surface area contributed by atoms with Crippen LogP contribution in [0.3, 0.4) is 0 Å². The van der Waals surface area contributed by atoms with Crippen molar-refractivity contribution in [3.05, 3.63) is 53.7 Å². The lowest BCUT2D eigenvalue weighted by Crippen LogP contribution is -2.06. The number of nitrogens with one attached hydrogen (secondary N) is 1. The van der Waals surface area contributed by atoms with Crippen LogP contribution in [0.4, 0.5) is 5.69 Å². The summed E-state index contributed by atoms with van der Waals surface area (Å²) in [6, 6.07) is 12.8. The van der Waals surface area contributed by atoms with Crippen LogP contribution in [0.5, 0.6) is 11.5 Å². The van der Waals surface area contributed by atoms with Gasteiger partial charge in [0.1, 0.15) is 16.4 Å². The van der Waals surface area contributed by atoms with E-state index in [1.165, 1.54) is 14.2 Å². The van der Waals surface area contributed by atoms with E-state index in [1.807, 2.05) is 30.5 Å². The van der Waals surface area contributed by atoms with Crippen molar-refractivity contribution >= 4 is 34.0 Å². The Morgan fingerprint density at radius 2 is 1.87 bits per heavy atom. The van der Waals surface area contributed by atoms with Gasteiger partial charge < -0.3 is 18.9 Å². The van der Waals surface area contributed by atoms with Crippen LogP contribution < -0.4 is 14.2 Å². The van der Waals surface area contributed by atoms with E-state index in [2.05, 4.69) is 14.4 Å². The van der Waals surface area contributed by atoms with Gasteiger partial charge >= 0.3 is 5.97 Å². The Hall–Kier alpha value is -2.91. The fourth-order valence-electron chi connectivity index (χ4n) is 2.84. The first-order valence-corrected chi connectivity index (χ1v) is 11.5. The van der Waals surface area contributed by atoms with Crippen LogP contribution in [0.25, 0.3) is 10.4 Å². The summed E-state index contributed by atoms with van der Waals surface area (Å²) >= 11 is 1.60. The Morgan fingerprint density at radius 1 is 1.10 bits per heavy atom. The third-order valence-corrected chi connectivity index (χ3v) is 6.77. The first-order chi connectivity index (χ1) is 15.0. The number of benzene rings is 2. The molecule has 9 heteroatoms. The number of hydrogen-bond acceptors (Lipinski definition) is 7. The summed E-state index contributed by atoms with van der Waals surface area (Å²) in [5, 5.41) is 0.980. The SMILES string of the molecule is COC(=O)CCCc1ncc(-c2ccc(NS(=O)c3ccc(OC)cc3OC)cc2)s1. The minimum atomic E-state index is -1.49. The van der Waals surface area contributed by atoms with Gasteiger partial charge in [-0.25, -0.2) is 9.19 Å². The maximum atomic E-state index is 12.8. The smallest absolute Gasteiger partial charge is 0.305 e. The standard InChI is InChI=1S/C22H24N2O5S2/c1-27-17-11-12-20(18(13-17)28-2)31(26)24-16-9-7-15(8-10-16)19-14-23-21(30-19)5-4-6-22(25)29-3/h7-14,24H,4-6H2,1-3H3. The fourth-order valence-corrected chi connectivity index (χ4v) is 4.78. The molecule has 164 valence electrons. The topological polar surface area (TPSA) is 86.8 Å². The highest BCUT2D eigenvalue weighted by atomic mass is 32.2. The van der Waals surface area contributed by atoms with Crippen LogP contribution in [-0.4, -0.2) is 36.5 Å². The van der Waals surface area contributed by atoms with Crippen molar-refractivity contribution in [2.24, 2.45) is 0 Å². The molecule has 0 aliphatic heterocycles. The number of aryl methyl sites for hydroxylation is 1. The maximum Gasteiger partial charge on any atom is 0.305 e. The van der Waals surface area contributed by atoms with Crippen molar-refractivity contribution in [1.29, 1.82) is 0 Å². The number of aromatic nitrogens is 1. The molecule has 1 unspecified atom stereocenters. The van der Waals surface area contributed by atoms with Crippen LogP contribution in [0.2, 0.25) is 0 Å². The Kier molecular flexibility index (Phi) is 8.02. The van der Waals surface area contributed by atoms with Crippen LogP contribution in [-0.2, 0) is 26.9 Å². The number of methoxy groups -OCH3 is 3. The molecule has 0 aliphatic rings. The Balaban J connectivity index is 1.63. The molecule has 2 aromatic carbocycles. The molecule has 3 aromatic rings. The maximum absolute atomic E-state index is 12.8. The van der Waals surface area contributed by atoms with Crippen molar-refractivity contribution in [1.82, 2.24) is 4.98 Å². The van der Waals surface area contributed by atoms with Crippen LogP contribution in [0, 0.1) is 0 Å². The van der Waals surface area contributed by atoms with Gasteiger partial charge in [0.15, 0.2) is 11.0 Å². The normalized spacial score (nSPS) is 11.6. The van der Waals surface area contributed by atoms with E-state index >= 15 is 0 Å². The van der Waals surface area contributed by atoms with Gasteiger partial charge in [-0.15, -0.1) is 11.3 Å². The van der Waals surface area contributed by atoms with Crippen LogP contribution in [0.1, 0.15) is 17.8 Å². The second-order valence-corrected chi connectivity index (χ2v) is 8.81. The molecule has 0 bridgehead atoms. The zero-order valence-corrected chi connectivity index (χ0v) is 19.2. The number of thiazole rings is 1. The van der Waals surface area contributed by atoms with Gasteiger partial charge in [-0.05, 0) is 42.7 Å². The number of hydrogen-bond donors (Lipinski definition) is 1. The van der Waals surface area contributed by atoms with E-state index in [4.69, 9.17) is 9.47 Å². The van der Waals surface area contributed by atoms with Crippen LogP contribution in [0.15, 0.2) is 53.6 Å². The molecule has 1 N–H and O–H groups in total. The lowest BCUT2D eigenvalue weighted by molar-refractivity contribution is -0.140. The van der Waals surface area contributed by atoms with E-state index in [0.29, 0.717) is 29.2 Å². The molecule has 3 rings (SSSR count). The average molecular weight is 461 g/mol. The summed E-state index contributed by atoms with van der Waals surface area (Å²) < 4.78 is 30.9. The van der Waals surface area contributed by atoms with Crippen LogP contribution >= 0.6 is 11.3 Å². The van der Waals surface area contributed by atoms with Crippen molar-refractivity contribution < 1.29 is 23.2 Å². The van der Waals surface area contributed by atoms with Gasteiger partial charge in [0.2, 0.25) is 0 Å². The minimum Gasteiger partial charge on any atom is -0.497 e. The molecule has 31 heavy (non-hydrogen) atoms. The van der Waals surface area contributed by atoms with Crippen molar-refractivity contribution in [2.45, 2.75) is 24.2 Å². The van der Waals surface area contributed by atoms with Crippen molar-refractivity contribution in [3.8, 4) is 21.9 Å². The summed E-state index contributed by atoms with van der Waals surface area (Å²) in [6.07, 6.45) is 3.67. The van der Waals surface area contributed by atoms with Gasteiger partial charge in [0.05, 0.1) is 31.2 Å². The molecule has 1 heterocycles. The summed E-state index contributed by atoms with van der Waals surface area (Å²) in [4.78, 5) is 17.2. The quantitative estimate of drug-likeness (QED) is 0.450. The minimum absolute atomic E-state index is 0.204. The zero-order chi connectivity index (χ0) is 22.2. The number of ether oxygens (including phenoxy) is 3. The highest BCUT2D eigenvalue weighted by Gasteiger charge is 2.13. The molecule has 1 atom stereocenters. The monoisotopic (exact) mass is 460 g/mol. The number of esters is 1. The van der Waals surface area contributed by atoms with Gasteiger partial charge in [-0.3, -0.25) is 4.79 Å². The summed E-state index contributed by atoms with van der Waals surface area (Å²) in [7, 11) is 3.00. The number of carbonyl (C=O) groups is 1. The number of rotatable bonds is 10. The predicted molar refractivity (Wildman–Crippen MR) is 122 cm³/mol. The number of carbonyl (C=O) groups excluding carboxylic acids is 1. The lowest BCUT2D eigenvalue weighted by Gasteiger charge is -2.11. The van der Waals surface area contributed by atoms with E-state index < -0.39 is 11.0 Å². The molecule has 0 spiro atoms. The molecule has 0 aliphatic carbocycles. The van der Waals surface area contributed by atoms with Gasteiger partial charge in [0.25, 0.3) is 0 Å². The Morgan fingerprint density at radius 3 is 2.55 bits per heavy atom. The van der Waals surface area contributed by atoms with Crippen molar-refractivity contribution in [3.63, 3.8) is 0 Å². The fraction of sp³-hybridized carbons (Fsp3) is 0.273. The summed E-state index contributed by atoms with van der Waals surface area (Å²) in [6.45, 7) is 0.